The Morgan fingerprint density at radius 2 is 1.66 bits per heavy atom. The van der Waals surface area contributed by atoms with Crippen LogP contribution in [0, 0.1) is 16.9 Å². The molecule has 0 aliphatic heterocycles. The Kier molecular flexibility index (Phi) is 13.0. The molecular formula is C29H50N4OS. The number of rotatable bonds is 18. The van der Waals surface area contributed by atoms with E-state index in [1.54, 1.807) is 11.3 Å². The van der Waals surface area contributed by atoms with Gasteiger partial charge < -0.3 is 9.64 Å². The summed E-state index contributed by atoms with van der Waals surface area (Å²) in [6.07, 6.45) is 15.7. The van der Waals surface area contributed by atoms with Gasteiger partial charge in [0.05, 0.1) is 16.8 Å². The lowest BCUT2D eigenvalue weighted by atomic mass is 9.84. The number of unbranched alkanes of at least 4 members (excludes halogenated alkanes) is 9. The first kappa shape index (κ1) is 29.5. The number of benzene rings is 1. The van der Waals surface area contributed by atoms with E-state index in [2.05, 4.69) is 51.7 Å². The summed E-state index contributed by atoms with van der Waals surface area (Å²) in [7, 11) is 2.13. The Hall–Kier alpha value is -1.69. The Balaban J connectivity index is 1.80. The fourth-order valence-corrected chi connectivity index (χ4v) is 5.72. The van der Waals surface area contributed by atoms with Crippen LogP contribution in [-0.4, -0.2) is 25.2 Å². The maximum absolute atomic E-state index is 7.61. The van der Waals surface area contributed by atoms with Crippen LogP contribution in [-0.2, 0) is 0 Å². The molecule has 2 rings (SSSR count). The highest BCUT2D eigenvalue weighted by molar-refractivity contribution is 7.22. The number of nitrogens with zero attached hydrogens (tertiary/aromatic N) is 3. The Morgan fingerprint density at radius 1 is 1.03 bits per heavy atom. The molecule has 0 aliphatic rings. The summed E-state index contributed by atoms with van der Waals surface area (Å²) in [5.41, 5.74) is 9.47. The van der Waals surface area contributed by atoms with E-state index in [1.165, 1.54) is 70.6 Å². The Labute approximate surface area is 218 Å². The first-order chi connectivity index (χ1) is 16.7. The third-order valence-electron chi connectivity index (χ3n) is 6.58. The summed E-state index contributed by atoms with van der Waals surface area (Å²) in [5, 5.41) is 4.76. The smallest absolute Gasteiger partial charge is 0.186 e. The van der Waals surface area contributed by atoms with E-state index in [4.69, 9.17) is 15.3 Å². The van der Waals surface area contributed by atoms with E-state index >= 15 is 0 Å². The van der Waals surface area contributed by atoms with Gasteiger partial charge in [0.1, 0.15) is 11.4 Å². The molecule has 5 nitrogen and oxygen atoms in total. The van der Waals surface area contributed by atoms with E-state index in [0.717, 1.165) is 28.3 Å². The van der Waals surface area contributed by atoms with Gasteiger partial charge in [-0.15, -0.1) is 0 Å². The number of nitrogens with one attached hydrogen (secondary N) is 1. The topological polar surface area (TPSA) is 61.6 Å². The molecule has 1 unspecified atom stereocenters. The van der Waals surface area contributed by atoms with E-state index in [9.17, 15) is 0 Å². The molecule has 0 aliphatic carbocycles. The average molecular weight is 503 g/mol. The van der Waals surface area contributed by atoms with Gasteiger partial charge in [0.15, 0.2) is 5.13 Å². The molecule has 0 amide bonds. The van der Waals surface area contributed by atoms with Crippen LogP contribution in [0.2, 0.25) is 0 Å². The summed E-state index contributed by atoms with van der Waals surface area (Å²) < 4.78 is 7.13. The van der Waals surface area contributed by atoms with Crippen LogP contribution >= 0.6 is 11.3 Å². The predicted octanol–water partition coefficient (Wildman–Crippen LogP) is 10.2. The monoisotopic (exact) mass is 502 g/mol. The van der Waals surface area contributed by atoms with Crippen LogP contribution in [0.5, 0.6) is 5.75 Å². The van der Waals surface area contributed by atoms with Crippen LogP contribution in [0.1, 0.15) is 112 Å². The van der Waals surface area contributed by atoms with Gasteiger partial charge in [0, 0.05) is 19.7 Å². The number of thiazole rings is 1. The second-order valence-electron chi connectivity index (χ2n) is 11.5. The van der Waals surface area contributed by atoms with Crippen molar-refractivity contribution in [2.24, 2.45) is 16.4 Å². The predicted molar refractivity (Wildman–Crippen MR) is 153 cm³/mol. The van der Waals surface area contributed by atoms with Gasteiger partial charge in [-0.3, -0.25) is 0 Å². The number of hydrogen-bond acceptors (Lipinski definition) is 6. The van der Waals surface area contributed by atoms with Crippen molar-refractivity contribution in [3.05, 3.63) is 12.1 Å². The second kappa shape index (κ2) is 15.4. The van der Waals surface area contributed by atoms with E-state index < -0.39 is 0 Å². The molecule has 2 aromatic rings. The van der Waals surface area contributed by atoms with Crippen molar-refractivity contribution in [2.45, 2.75) is 112 Å². The highest BCUT2D eigenvalue weighted by atomic mass is 32.1. The maximum Gasteiger partial charge on any atom is 0.186 e. The van der Waals surface area contributed by atoms with Crippen molar-refractivity contribution in [1.82, 2.24) is 4.98 Å². The lowest BCUT2D eigenvalue weighted by Gasteiger charge is -2.23. The fourth-order valence-electron chi connectivity index (χ4n) is 4.75. The maximum atomic E-state index is 7.61. The standard InChI is InChI=1S/C29H50N4OS/c1-7-8-9-10-11-12-13-14-15-16-18-33(6)28-31-25-20-26(24(32-30)21-27(25)35-28)34-19-17-23(2)22-29(3,4)5/h20-21,23,30H,7-19,22H2,1-6H3. The normalized spacial score (nSPS) is 12.7. The van der Waals surface area contributed by atoms with Gasteiger partial charge in [-0.2, -0.15) is 5.11 Å². The first-order valence-electron chi connectivity index (χ1n) is 13.9. The van der Waals surface area contributed by atoms with Crippen LogP contribution in [0.4, 0.5) is 10.8 Å². The average Bonchev–Trinajstić information content (AvgIpc) is 3.21. The van der Waals surface area contributed by atoms with Crippen molar-refractivity contribution < 1.29 is 4.74 Å². The SMILES string of the molecule is CCCCCCCCCCCCN(C)c1nc2cc(OCCC(C)CC(C)(C)C)c(N=N)cc2s1. The molecule has 1 N–H and O–H groups in total. The summed E-state index contributed by atoms with van der Waals surface area (Å²) in [5.74, 6) is 1.27. The molecule has 0 saturated carbocycles. The van der Waals surface area contributed by atoms with Gasteiger partial charge in [0.2, 0.25) is 0 Å². The van der Waals surface area contributed by atoms with Gasteiger partial charge in [-0.25, -0.2) is 10.5 Å². The van der Waals surface area contributed by atoms with Crippen molar-refractivity contribution in [2.75, 3.05) is 25.1 Å². The van der Waals surface area contributed by atoms with Gasteiger partial charge in [0.25, 0.3) is 0 Å². The second-order valence-corrected chi connectivity index (χ2v) is 12.5. The van der Waals surface area contributed by atoms with E-state index in [0.29, 0.717) is 29.4 Å². The first-order valence-corrected chi connectivity index (χ1v) is 14.7. The zero-order chi connectivity index (χ0) is 25.7. The third-order valence-corrected chi connectivity index (χ3v) is 7.71. The van der Waals surface area contributed by atoms with Gasteiger partial charge in [-0.1, -0.05) is 104 Å². The molecule has 0 bridgehead atoms. The molecule has 0 saturated heterocycles. The molecule has 0 fully saturated rings. The molecule has 1 aromatic heterocycles. The van der Waals surface area contributed by atoms with Crippen LogP contribution < -0.4 is 9.64 Å². The highest BCUT2D eigenvalue weighted by Crippen LogP contribution is 2.38. The van der Waals surface area contributed by atoms with Crippen molar-refractivity contribution in [3.8, 4) is 5.75 Å². The van der Waals surface area contributed by atoms with E-state index in [1.807, 2.05) is 12.1 Å². The molecule has 198 valence electrons. The minimum Gasteiger partial charge on any atom is -0.491 e. The molecule has 1 heterocycles. The van der Waals surface area contributed by atoms with Gasteiger partial charge >= 0.3 is 0 Å². The minimum absolute atomic E-state index is 0.330. The lowest BCUT2D eigenvalue weighted by molar-refractivity contribution is 0.241. The summed E-state index contributed by atoms with van der Waals surface area (Å²) in [6, 6.07) is 3.91. The molecule has 0 radical (unpaired) electrons. The quantitative estimate of drug-likeness (QED) is 0.163. The van der Waals surface area contributed by atoms with Gasteiger partial charge in [-0.05, 0) is 36.7 Å². The van der Waals surface area contributed by atoms with Crippen LogP contribution in [0.3, 0.4) is 0 Å². The molecule has 6 heteroatoms. The third kappa shape index (κ3) is 11.3. The molecule has 1 aromatic carbocycles. The summed E-state index contributed by atoms with van der Waals surface area (Å²) >= 11 is 1.68. The number of hydrogen-bond donors (Lipinski definition) is 1. The number of ether oxygens (including phenoxy) is 1. The van der Waals surface area contributed by atoms with Crippen LogP contribution in [0.25, 0.3) is 10.2 Å². The molecular weight excluding hydrogens is 452 g/mol. The lowest BCUT2D eigenvalue weighted by Crippen LogP contribution is -2.18. The van der Waals surface area contributed by atoms with Crippen LogP contribution in [0.15, 0.2) is 17.2 Å². The van der Waals surface area contributed by atoms with E-state index in [-0.39, 0.29) is 0 Å². The Morgan fingerprint density at radius 3 is 2.26 bits per heavy atom. The molecule has 1 atom stereocenters. The summed E-state index contributed by atoms with van der Waals surface area (Å²) in [4.78, 5) is 7.13. The van der Waals surface area contributed by atoms with Crippen molar-refractivity contribution in [1.29, 1.82) is 5.53 Å². The summed E-state index contributed by atoms with van der Waals surface area (Å²) in [6.45, 7) is 13.1. The number of fused-ring (bicyclic) bond motifs is 1. The zero-order valence-electron chi connectivity index (χ0n) is 23.3. The minimum atomic E-state index is 0.330. The largest absolute Gasteiger partial charge is 0.491 e. The number of aromatic nitrogens is 1. The van der Waals surface area contributed by atoms with Crippen molar-refractivity contribution in [3.63, 3.8) is 0 Å². The fraction of sp³-hybridized carbons (Fsp3) is 0.759. The zero-order valence-corrected chi connectivity index (χ0v) is 24.1. The molecule has 35 heavy (non-hydrogen) atoms. The Bertz CT molecular complexity index is 873. The molecule has 0 spiro atoms. The highest BCUT2D eigenvalue weighted by Gasteiger charge is 2.16. The van der Waals surface area contributed by atoms with Crippen molar-refractivity contribution >= 4 is 32.4 Å². The number of anilines is 1.